The third kappa shape index (κ3) is 4.74. The quantitative estimate of drug-likeness (QED) is 0.351. The van der Waals surface area contributed by atoms with Crippen LogP contribution in [-0.2, 0) is 6.54 Å². The van der Waals surface area contributed by atoms with Crippen LogP contribution in [0.4, 0.5) is 0 Å². The molecule has 0 aliphatic rings. The highest BCUT2D eigenvalue weighted by Crippen LogP contribution is 2.30. The average Bonchev–Trinajstić information content (AvgIpc) is 3.55. The number of benzene rings is 3. The fraction of sp³-hybridized carbons (Fsp3) is 0.222. The molecule has 0 bridgehead atoms. The number of nitrogens with zero attached hydrogens (tertiary/aromatic N) is 6. The Morgan fingerprint density at radius 3 is 2.17 bits per heavy atom. The van der Waals surface area contributed by atoms with Gasteiger partial charge in [-0.2, -0.15) is 10.3 Å². The molecule has 35 heavy (non-hydrogen) atoms. The molecule has 5 rings (SSSR count). The van der Waals surface area contributed by atoms with Crippen LogP contribution in [0, 0.1) is 0 Å². The van der Waals surface area contributed by atoms with Crippen LogP contribution in [-0.4, -0.2) is 35.4 Å². The Morgan fingerprint density at radius 2 is 1.54 bits per heavy atom. The predicted octanol–water partition coefficient (Wildman–Crippen LogP) is 4.98. The first-order chi connectivity index (χ1) is 17.0. The van der Waals surface area contributed by atoms with Crippen LogP contribution in [0.3, 0.4) is 0 Å². The van der Waals surface area contributed by atoms with Crippen LogP contribution in [0.15, 0.2) is 72.8 Å². The van der Waals surface area contributed by atoms with Gasteiger partial charge >= 0.3 is 0 Å². The van der Waals surface area contributed by atoms with Crippen LogP contribution in [0.1, 0.15) is 49.7 Å². The predicted molar refractivity (Wildman–Crippen MR) is 136 cm³/mol. The van der Waals surface area contributed by atoms with Gasteiger partial charge in [0.1, 0.15) is 0 Å². The van der Waals surface area contributed by atoms with Crippen molar-refractivity contribution in [1.29, 1.82) is 0 Å². The Morgan fingerprint density at radius 1 is 0.857 bits per heavy atom. The number of H-pyrrole nitrogens is 1. The zero-order valence-electron chi connectivity index (χ0n) is 20.1. The Hall–Kier alpha value is -4.17. The maximum absolute atomic E-state index is 6.02. The normalized spacial score (nSPS) is 12.3. The molecule has 3 aromatic carbocycles. The molecule has 0 aliphatic heterocycles. The van der Waals surface area contributed by atoms with E-state index in [2.05, 4.69) is 89.1 Å². The molecule has 0 fully saturated rings. The minimum atomic E-state index is -0.00291. The van der Waals surface area contributed by atoms with Gasteiger partial charge in [-0.05, 0) is 34.4 Å². The number of aromatic nitrogens is 7. The molecule has 1 unspecified atom stereocenters. The van der Waals surface area contributed by atoms with Crippen LogP contribution < -0.4 is 5.73 Å². The highest BCUT2D eigenvalue weighted by Gasteiger charge is 2.16. The molecule has 1 atom stereocenters. The lowest BCUT2D eigenvalue weighted by Gasteiger charge is -2.10. The first-order valence-corrected chi connectivity index (χ1v) is 11.7. The minimum absolute atomic E-state index is 0.00291. The van der Waals surface area contributed by atoms with Gasteiger partial charge in [0.05, 0.1) is 6.54 Å². The highest BCUT2D eigenvalue weighted by molar-refractivity contribution is 5.80. The van der Waals surface area contributed by atoms with E-state index >= 15 is 0 Å². The lowest BCUT2D eigenvalue weighted by molar-refractivity contribution is 0.662. The maximum atomic E-state index is 6.02. The summed E-state index contributed by atoms with van der Waals surface area (Å²) in [6.07, 6.45) is 0. The number of tetrazole rings is 1. The molecule has 8 heteroatoms. The van der Waals surface area contributed by atoms with E-state index in [9.17, 15) is 0 Å². The molecule has 2 aromatic heterocycles. The van der Waals surface area contributed by atoms with Gasteiger partial charge in [-0.3, -0.25) is 0 Å². The lowest BCUT2D eigenvalue weighted by Crippen LogP contribution is -2.06. The number of aromatic amines is 1. The minimum Gasteiger partial charge on any atom is -0.324 e. The van der Waals surface area contributed by atoms with Crippen molar-refractivity contribution in [3.05, 3.63) is 89.7 Å². The van der Waals surface area contributed by atoms with Gasteiger partial charge in [-0.1, -0.05) is 86.6 Å². The Bertz CT molecular complexity index is 1400. The van der Waals surface area contributed by atoms with Crippen LogP contribution in [0.5, 0.6) is 0 Å². The third-order valence-corrected chi connectivity index (χ3v) is 6.01. The summed E-state index contributed by atoms with van der Waals surface area (Å²) in [5.74, 6) is 2.51. The van der Waals surface area contributed by atoms with Gasteiger partial charge in [0.25, 0.3) is 0 Å². The molecule has 2 heterocycles. The second kappa shape index (κ2) is 9.60. The van der Waals surface area contributed by atoms with Crippen molar-refractivity contribution in [2.45, 2.75) is 39.3 Å². The molecule has 0 saturated heterocycles. The average molecular weight is 465 g/mol. The number of nitrogens with one attached hydrogen (secondary N) is 1. The fourth-order valence-corrected chi connectivity index (χ4v) is 4.03. The Kier molecular flexibility index (Phi) is 6.20. The summed E-state index contributed by atoms with van der Waals surface area (Å²) in [6.45, 7) is 6.83. The van der Waals surface area contributed by atoms with Crippen molar-refractivity contribution in [3.63, 3.8) is 0 Å². The molecule has 8 nitrogen and oxygen atoms in total. The summed E-state index contributed by atoms with van der Waals surface area (Å²) in [7, 11) is 0. The van der Waals surface area contributed by atoms with Crippen molar-refractivity contribution in [2.75, 3.05) is 0 Å². The van der Waals surface area contributed by atoms with Crippen molar-refractivity contribution in [3.8, 4) is 33.9 Å². The molecule has 0 radical (unpaired) electrons. The van der Waals surface area contributed by atoms with Gasteiger partial charge in [-0.25, -0.2) is 9.67 Å². The van der Waals surface area contributed by atoms with E-state index in [4.69, 9.17) is 15.8 Å². The van der Waals surface area contributed by atoms with Gasteiger partial charge in [0, 0.05) is 23.1 Å². The number of hydrogen-bond acceptors (Lipinski definition) is 6. The summed E-state index contributed by atoms with van der Waals surface area (Å²) in [6, 6.07) is 24.8. The monoisotopic (exact) mass is 464 g/mol. The van der Waals surface area contributed by atoms with Crippen LogP contribution in [0.2, 0.25) is 0 Å². The van der Waals surface area contributed by atoms with E-state index in [1.807, 2.05) is 29.8 Å². The highest BCUT2D eigenvalue weighted by atomic mass is 15.5. The standard InChI is InChI=1S/C27H28N8/c1-17(2)25-29-27(22-14-12-20(13-15-22)18(3)28)35(32-25)16-19-8-10-21(11-9-19)23-6-4-5-7-24(23)26-30-33-34-31-26/h4-15,17-18H,16,28H2,1-3H3,(H,30,31,33,34). The number of nitrogens with two attached hydrogens (primary N) is 1. The van der Waals surface area contributed by atoms with E-state index in [-0.39, 0.29) is 12.0 Å². The van der Waals surface area contributed by atoms with Crippen LogP contribution in [0.25, 0.3) is 33.9 Å². The molecule has 0 aliphatic carbocycles. The van der Waals surface area contributed by atoms with Gasteiger partial charge in [0.2, 0.25) is 5.82 Å². The van der Waals surface area contributed by atoms with E-state index in [1.165, 1.54) is 0 Å². The largest absolute Gasteiger partial charge is 0.324 e. The Balaban J connectivity index is 1.44. The maximum Gasteiger partial charge on any atom is 0.205 e. The van der Waals surface area contributed by atoms with Crippen molar-refractivity contribution in [1.82, 2.24) is 35.4 Å². The fourth-order valence-electron chi connectivity index (χ4n) is 4.03. The first-order valence-electron chi connectivity index (χ1n) is 11.7. The second-order valence-electron chi connectivity index (χ2n) is 8.99. The molecule has 176 valence electrons. The van der Waals surface area contributed by atoms with Gasteiger partial charge in [-0.15, -0.1) is 10.2 Å². The number of rotatable bonds is 7. The second-order valence-corrected chi connectivity index (χ2v) is 8.99. The molecule has 0 saturated carbocycles. The Labute approximate surface area is 204 Å². The van der Waals surface area contributed by atoms with Crippen molar-refractivity contribution < 1.29 is 0 Å². The van der Waals surface area contributed by atoms with E-state index < -0.39 is 0 Å². The first kappa shape index (κ1) is 22.6. The molecule has 3 N–H and O–H groups in total. The van der Waals surface area contributed by atoms with Crippen molar-refractivity contribution >= 4 is 0 Å². The smallest absolute Gasteiger partial charge is 0.205 e. The zero-order valence-corrected chi connectivity index (χ0v) is 20.1. The summed E-state index contributed by atoms with van der Waals surface area (Å²) in [5, 5.41) is 19.3. The summed E-state index contributed by atoms with van der Waals surface area (Å²) >= 11 is 0. The van der Waals surface area contributed by atoms with Gasteiger partial charge < -0.3 is 5.73 Å². The van der Waals surface area contributed by atoms with E-state index in [0.29, 0.717) is 12.4 Å². The molecular weight excluding hydrogens is 436 g/mol. The molecular formula is C27H28N8. The SMILES string of the molecule is CC(C)c1nc(-c2ccc(C(C)N)cc2)n(Cc2ccc(-c3ccccc3-c3nn[nH]n3)cc2)n1. The summed E-state index contributed by atoms with van der Waals surface area (Å²) in [5.41, 5.74) is 12.4. The lowest BCUT2D eigenvalue weighted by atomic mass is 9.98. The van der Waals surface area contributed by atoms with Gasteiger partial charge in [0.15, 0.2) is 11.6 Å². The topological polar surface area (TPSA) is 111 Å². The zero-order chi connectivity index (χ0) is 24.4. The van der Waals surface area contributed by atoms with Crippen molar-refractivity contribution in [2.24, 2.45) is 5.73 Å². The van der Waals surface area contributed by atoms with Crippen LogP contribution >= 0.6 is 0 Å². The number of hydrogen-bond donors (Lipinski definition) is 2. The summed E-state index contributed by atoms with van der Waals surface area (Å²) in [4.78, 5) is 4.85. The molecule has 0 amide bonds. The molecule has 0 spiro atoms. The summed E-state index contributed by atoms with van der Waals surface area (Å²) < 4.78 is 1.98. The van der Waals surface area contributed by atoms with E-state index in [1.54, 1.807) is 0 Å². The van der Waals surface area contributed by atoms with E-state index in [0.717, 1.165) is 45.0 Å². The molecule has 5 aromatic rings. The third-order valence-electron chi connectivity index (χ3n) is 6.01.